The summed E-state index contributed by atoms with van der Waals surface area (Å²) < 4.78 is 11.3. The van der Waals surface area contributed by atoms with E-state index in [2.05, 4.69) is 20.8 Å². The van der Waals surface area contributed by atoms with Crippen LogP contribution in [0.4, 0.5) is 5.69 Å². The fraction of sp³-hybridized carbons (Fsp3) is 0.312. The summed E-state index contributed by atoms with van der Waals surface area (Å²) in [5.41, 5.74) is 2.79. The number of hydrogen-bond acceptors (Lipinski definition) is 5. The van der Waals surface area contributed by atoms with Crippen molar-refractivity contribution in [2.24, 2.45) is 0 Å². The molecule has 198 valence electrons. The van der Waals surface area contributed by atoms with Gasteiger partial charge in [-0.15, -0.1) is 0 Å². The van der Waals surface area contributed by atoms with E-state index in [1.54, 1.807) is 42.5 Å². The van der Waals surface area contributed by atoms with Crippen LogP contribution >= 0.6 is 0 Å². The summed E-state index contributed by atoms with van der Waals surface area (Å²) in [5.74, 6) is -0.393. The van der Waals surface area contributed by atoms with Gasteiger partial charge < -0.3 is 14.6 Å². The van der Waals surface area contributed by atoms with E-state index in [9.17, 15) is 14.7 Å². The molecule has 1 N–H and O–H groups in total. The van der Waals surface area contributed by atoms with E-state index in [1.807, 2.05) is 44.2 Å². The number of ether oxygens (including phenoxy) is 2. The Bertz CT molecular complexity index is 1330. The standard InChI is InChI=1S/C32H35NO5/c1-6-19-38-26-10-8-9-24(20-26)33-28(21-11-15-23(16-12-21)32(3,4)5)27(30(35)31(33)36)29(34)22-13-17-25(18-14-22)37-7-2/h8-18,20,28,34H,6-7,19H2,1-5H3/b29-27+. The van der Waals surface area contributed by atoms with Gasteiger partial charge >= 0.3 is 0 Å². The Morgan fingerprint density at radius 1 is 0.895 bits per heavy atom. The average Bonchev–Trinajstić information content (AvgIpc) is 3.17. The number of nitrogens with zero attached hydrogens (tertiary/aromatic N) is 1. The second-order valence-corrected chi connectivity index (χ2v) is 10.3. The Morgan fingerprint density at radius 3 is 2.18 bits per heavy atom. The van der Waals surface area contributed by atoms with Crippen molar-refractivity contribution in [3.63, 3.8) is 0 Å². The fourth-order valence-corrected chi connectivity index (χ4v) is 4.55. The minimum atomic E-state index is -0.808. The number of carbonyl (C=O) groups is 2. The van der Waals surface area contributed by atoms with Gasteiger partial charge in [0.2, 0.25) is 0 Å². The number of aliphatic hydroxyl groups is 1. The molecule has 0 aliphatic carbocycles. The van der Waals surface area contributed by atoms with Crippen LogP contribution in [0.3, 0.4) is 0 Å². The molecule has 0 aromatic heterocycles. The molecule has 0 spiro atoms. The Labute approximate surface area is 224 Å². The number of carbonyl (C=O) groups excluding carboxylic acids is 2. The van der Waals surface area contributed by atoms with Crippen LogP contribution in [0.2, 0.25) is 0 Å². The number of anilines is 1. The van der Waals surface area contributed by atoms with Crippen LogP contribution in [0.5, 0.6) is 11.5 Å². The lowest BCUT2D eigenvalue weighted by molar-refractivity contribution is -0.132. The molecule has 6 heteroatoms. The maximum absolute atomic E-state index is 13.5. The minimum Gasteiger partial charge on any atom is -0.507 e. The third-order valence-corrected chi connectivity index (χ3v) is 6.54. The number of benzene rings is 3. The highest BCUT2D eigenvalue weighted by Crippen LogP contribution is 2.43. The molecule has 0 saturated carbocycles. The average molecular weight is 514 g/mol. The van der Waals surface area contributed by atoms with Crippen LogP contribution in [-0.4, -0.2) is 30.0 Å². The van der Waals surface area contributed by atoms with Crippen LogP contribution in [0.1, 0.15) is 63.8 Å². The molecule has 3 aromatic rings. The smallest absolute Gasteiger partial charge is 0.300 e. The van der Waals surface area contributed by atoms with Crippen LogP contribution in [0, 0.1) is 0 Å². The van der Waals surface area contributed by atoms with E-state index in [4.69, 9.17) is 9.47 Å². The Kier molecular flexibility index (Phi) is 7.91. The number of amides is 1. The largest absolute Gasteiger partial charge is 0.507 e. The summed E-state index contributed by atoms with van der Waals surface area (Å²) in [6, 6.07) is 21.0. The highest BCUT2D eigenvalue weighted by Gasteiger charge is 2.47. The van der Waals surface area contributed by atoms with Gasteiger partial charge in [0.15, 0.2) is 0 Å². The highest BCUT2D eigenvalue weighted by molar-refractivity contribution is 6.51. The van der Waals surface area contributed by atoms with Gasteiger partial charge in [-0.05, 0) is 66.3 Å². The maximum atomic E-state index is 13.5. The van der Waals surface area contributed by atoms with Crippen molar-refractivity contribution in [1.29, 1.82) is 0 Å². The van der Waals surface area contributed by atoms with Gasteiger partial charge in [0, 0.05) is 17.3 Å². The second kappa shape index (κ2) is 11.1. The lowest BCUT2D eigenvalue weighted by Gasteiger charge is -2.27. The van der Waals surface area contributed by atoms with Crippen molar-refractivity contribution in [3.05, 3.63) is 95.1 Å². The molecule has 1 aliphatic rings. The van der Waals surface area contributed by atoms with Crippen molar-refractivity contribution in [1.82, 2.24) is 0 Å². The molecule has 6 nitrogen and oxygen atoms in total. The van der Waals surface area contributed by atoms with E-state index in [0.717, 1.165) is 17.5 Å². The molecule has 1 aliphatic heterocycles. The Balaban J connectivity index is 1.86. The number of aliphatic hydroxyl groups excluding tert-OH is 1. The van der Waals surface area contributed by atoms with E-state index in [0.29, 0.717) is 36.0 Å². The van der Waals surface area contributed by atoms with Crippen LogP contribution < -0.4 is 14.4 Å². The molecule has 0 bridgehead atoms. The summed E-state index contributed by atoms with van der Waals surface area (Å²) in [5, 5.41) is 11.4. The molecule has 1 saturated heterocycles. The van der Waals surface area contributed by atoms with E-state index >= 15 is 0 Å². The lowest BCUT2D eigenvalue weighted by Crippen LogP contribution is -2.29. The van der Waals surface area contributed by atoms with E-state index < -0.39 is 17.7 Å². The van der Waals surface area contributed by atoms with Crippen LogP contribution in [0.15, 0.2) is 78.4 Å². The molecular weight excluding hydrogens is 478 g/mol. The van der Waals surface area contributed by atoms with Gasteiger partial charge in [-0.1, -0.05) is 58.0 Å². The molecule has 1 amide bonds. The first kappa shape index (κ1) is 27.0. The first-order valence-corrected chi connectivity index (χ1v) is 13.0. The van der Waals surface area contributed by atoms with E-state index in [1.165, 1.54) is 4.90 Å². The van der Waals surface area contributed by atoms with Gasteiger partial charge in [-0.25, -0.2) is 0 Å². The van der Waals surface area contributed by atoms with Gasteiger partial charge in [0.1, 0.15) is 17.3 Å². The number of ketones is 1. The van der Waals surface area contributed by atoms with Crippen LogP contribution in [0.25, 0.3) is 5.76 Å². The molecule has 0 radical (unpaired) electrons. The summed E-state index contributed by atoms with van der Waals surface area (Å²) in [4.78, 5) is 28.4. The third kappa shape index (κ3) is 5.44. The van der Waals surface area contributed by atoms with Crippen molar-refractivity contribution in [3.8, 4) is 11.5 Å². The molecule has 4 rings (SSSR count). The molecule has 1 unspecified atom stereocenters. The Hall–Kier alpha value is -4.06. The first-order valence-electron chi connectivity index (χ1n) is 13.0. The quantitative estimate of drug-likeness (QED) is 0.204. The normalized spacial score (nSPS) is 17.1. The highest BCUT2D eigenvalue weighted by atomic mass is 16.5. The zero-order valence-corrected chi connectivity index (χ0v) is 22.7. The summed E-state index contributed by atoms with van der Waals surface area (Å²) in [6.07, 6.45) is 0.844. The third-order valence-electron chi connectivity index (χ3n) is 6.54. The summed E-state index contributed by atoms with van der Waals surface area (Å²) >= 11 is 0. The monoisotopic (exact) mass is 513 g/mol. The predicted molar refractivity (Wildman–Crippen MR) is 150 cm³/mol. The second-order valence-electron chi connectivity index (χ2n) is 10.3. The first-order chi connectivity index (χ1) is 18.2. The molecule has 1 atom stereocenters. The van der Waals surface area contributed by atoms with Crippen molar-refractivity contribution in [2.45, 2.75) is 52.5 Å². The maximum Gasteiger partial charge on any atom is 0.300 e. The zero-order chi connectivity index (χ0) is 27.4. The van der Waals surface area contributed by atoms with Crippen molar-refractivity contribution < 1.29 is 24.2 Å². The molecular formula is C32H35NO5. The number of rotatable bonds is 8. The topological polar surface area (TPSA) is 76.1 Å². The summed E-state index contributed by atoms with van der Waals surface area (Å²) in [7, 11) is 0. The fourth-order valence-electron chi connectivity index (χ4n) is 4.55. The molecule has 38 heavy (non-hydrogen) atoms. The lowest BCUT2D eigenvalue weighted by atomic mass is 9.85. The zero-order valence-electron chi connectivity index (χ0n) is 22.7. The van der Waals surface area contributed by atoms with Crippen molar-refractivity contribution >= 4 is 23.1 Å². The predicted octanol–water partition coefficient (Wildman–Crippen LogP) is 6.80. The molecule has 3 aromatic carbocycles. The van der Waals surface area contributed by atoms with E-state index in [-0.39, 0.29) is 16.7 Å². The van der Waals surface area contributed by atoms with Gasteiger partial charge in [0.05, 0.1) is 24.8 Å². The van der Waals surface area contributed by atoms with Gasteiger partial charge in [0.25, 0.3) is 11.7 Å². The molecule has 1 fully saturated rings. The Morgan fingerprint density at radius 2 is 1.58 bits per heavy atom. The molecule has 1 heterocycles. The summed E-state index contributed by atoms with van der Waals surface area (Å²) in [6.45, 7) is 11.3. The number of hydrogen-bond donors (Lipinski definition) is 1. The van der Waals surface area contributed by atoms with Crippen LogP contribution in [-0.2, 0) is 15.0 Å². The van der Waals surface area contributed by atoms with Gasteiger partial charge in [-0.2, -0.15) is 0 Å². The SMILES string of the molecule is CCCOc1cccc(N2C(=O)C(=O)/C(=C(/O)c3ccc(OCC)cc3)C2c2ccc(C(C)(C)C)cc2)c1. The van der Waals surface area contributed by atoms with Crippen molar-refractivity contribution in [2.75, 3.05) is 18.1 Å². The van der Waals surface area contributed by atoms with Gasteiger partial charge in [-0.3, -0.25) is 14.5 Å². The minimum absolute atomic E-state index is 0.0440. The number of Topliss-reactive ketones (excluding diaryl/α,β-unsaturated/α-hetero) is 1.